The van der Waals surface area contributed by atoms with E-state index in [9.17, 15) is 17.6 Å². The third-order valence-electron chi connectivity index (χ3n) is 5.38. The Bertz CT molecular complexity index is 1340. The fraction of sp³-hybridized carbons (Fsp3) is 0.231. The van der Waals surface area contributed by atoms with Crippen molar-refractivity contribution in [2.24, 2.45) is 5.10 Å². The number of hydrogen-bond donors (Lipinski definition) is 1. The molecule has 0 bridgehead atoms. The molecule has 10 heteroatoms. The zero-order chi connectivity index (χ0) is 26.3. The van der Waals surface area contributed by atoms with Crippen LogP contribution < -0.4 is 19.2 Å². The van der Waals surface area contributed by atoms with Crippen molar-refractivity contribution in [2.45, 2.75) is 25.2 Å². The van der Waals surface area contributed by atoms with E-state index in [1.165, 1.54) is 14.2 Å². The van der Waals surface area contributed by atoms with E-state index in [0.29, 0.717) is 34.9 Å². The average Bonchev–Trinajstić information content (AvgIpc) is 2.88. The third kappa shape index (κ3) is 6.19. The molecule has 0 atom stereocenters. The van der Waals surface area contributed by atoms with Crippen LogP contribution in [0, 0.1) is 12.7 Å². The molecule has 0 fully saturated rings. The summed E-state index contributed by atoms with van der Waals surface area (Å²) in [5.41, 5.74) is 4.95. The molecular formula is C26H28FN3O5S. The molecule has 0 saturated carbocycles. The predicted molar refractivity (Wildman–Crippen MR) is 137 cm³/mol. The summed E-state index contributed by atoms with van der Waals surface area (Å²) in [5, 5.41) is 4.22. The summed E-state index contributed by atoms with van der Waals surface area (Å²) in [7, 11) is -1.11. The van der Waals surface area contributed by atoms with Crippen molar-refractivity contribution in [1.82, 2.24) is 5.43 Å². The summed E-state index contributed by atoms with van der Waals surface area (Å²) in [4.78, 5) is 12.7. The van der Waals surface area contributed by atoms with Gasteiger partial charge in [0.25, 0.3) is 15.9 Å². The normalized spacial score (nSPS) is 11.6. The number of carbonyl (C=O) groups is 1. The Morgan fingerprint density at radius 2 is 1.61 bits per heavy atom. The quantitative estimate of drug-likeness (QED) is 0.322. The molecule has 0 aromatic heterocycles. The van der Waals surface area contributed by atoms with Crippen molar-refractivity contribution >= 4 is 27.3 Å². The lowest BCUT2D eigenvalue weighted by Gasteiger charge is -2.24. The maximum atomic E-state index is 13.4. The highest BCUT2D eigenvalue weighted by Gasteiger charge is 2.27. The molecule has 1 N–H and O–H groups in total. The van der Waals surface area contributed by atoms with Crippen molar-refractivity contribution in [2.75, 3.05) is 25.1 Å². The fourth-order valence-electron chi connectivity index (χ4n) is 3.42. The van der Waals surface area contributed by atoms with Gasteiger partial charge in [0.05, 0.1) is 30.5 Å². The smallest absolute Gasteiger partial charge is 0.264 e. The number of sulfonamides is 1. The molecule has 3 aromatic carbocycles. The summed E-state index contributed by atoms with van der Waals surface area (Å²) in [6.07, 6.45) is 0.491. The molecule has 0 saturated heterocycles. The summed E-state index contributed by atoms with van der Waals surface area (Å²) in [6, 6.07) is 16.4. The molecule has 0 aliphatic heterocycles. The van der Waals surface area contributed by atoms with Gasteiger partial charge in [0.2, 0.25) is 0 Å². The molecule has 3 rings (SSSR count). The van der Waals surface area contributed by atoms with E-state index in [4.69, 9.17) is 9.47 Å². The lowest BCUT2D eigenvalue weighted by molar-refractivity contribution is -0.119. The Morgan fingerprint density at radius 3 is 2.19 bits per heavy atom. The second-order valence-corrected chi connectivity index (χ2v) is 9.68. The zero-order valence-corrected chi connectivity index (χ0v) is 21.3. The van der Waals surface area contributed by atoms with E-state index < -0.39 is 28.3 Å². The van der Waals surface area contributed by atoms with Crippen LogP contribution in [0.2, 0.25) is 0 Å². The average molecular weight is 514 g/mol. The number of hydrazone groups is 1. The maximum Gasteiger partial charge on any atom is 0.264 e. The third-order valence-corrected chi connectivity index (χ3v) is 7.17. The van der Waals surface area contributed by atoms with Crippen LogP contribution >= 0.6 is 0 Å². The Balaban J connectivity index is 1.88. The van der Waals surface area contributed by atoms with Crippen LogP contribution in [-0.4, -0.2) is 40.8 Å². The van der Waals surface area contributed by atoms with Crippen LogP contribution in [0.25, 0.3) is 0 Å². The van der Waals surface area contributed by atoms with Gasteiger partial charge in [-0.15, -0.1) is 0 Å². The topological polar surface area (TPSA) is 97.3 Å². The number of hydrogen-bond acceptors (Lipinski definition) is 6. The predicted octanol–water partition coefficient (Wildman–Crippen LogP) is 4.28. The van der Waals surface area contributed by atoms with E-state index in [1.54, 1.807) is 42.5 Å². The minimum absolute atomic E-state index is 0.139. The van der Waals surface area contributed by atoms with Gasteiger partial charge in [-0.2, -0.15) is 5.10 Å². The lowest BCUT2D eigenvalue weighted by Crippen LogP contribution is -2.39. The first-order chi connectivity index (χ1) is 17.2. The molecule has 8 nitrogen and oxygen atoms in total. The number of methoxy groups -OCH3 is 2. The van der Waals surface area contributed by atoms with Crippen LogP contribution in [0.3, 0.4) is 0 Å². The van der Waals surface area contributed by atoms with Crippen molar-refractivity contribution < 1.29 is 27.1 Å². The SMILES string of the molecule is CC/C(=N/NC(=O)CN(c1ccc(C)cc1)S(=O)(=O)c1ccc(F)cc1)c1ccc(OC)c(OC)c1. The number of anilines is 1. The van der Waals surface area contributed by atoms with E-state index >= 15 is 0 Å². The van der Waals surface area contributed by atoms with Gasteiger partial charge in [-0.05, 0) is 67.9 Å². The summed E-state index contributed by atoms with van der Waals surface area (Å²) in [6.45, 7) is 3.21. The molecule has 36 heavy (non-hydrogen) atoms. The Hall–Kier alpha value is -3.92. The van der Waals surface area contributed by atoms with Crippen LogP contribution in [0.1, 0.15) is 24.5 Å². The van der Waals surface area contributed by atoms with Crippen LogP contribution in [-0.2, 0) is 14.8 Å². The first-order valence-corrected chi connectivity index (χ1v) is 12.6. The number of carbonyl (C=O) groups excluding carboxylic acids is 1. The molecule has 0 aliphatic carbocycles. The highest BCUT2D eigenvalue weighted by atomic mass is 32.2. The van der Waals surface area contributed by atoms with Gasteiger partial charge in [0.15, 0.2) is 11.5 Å². The number of nitrogens with zero attached hydrogens (tertiary/aromatic N) is 2. The van der Waals surface area contributed by atoms with E-state index in [2.05, 4.69) is 10.5 Å². The largest absolute Gasteiger partial charge is 0.493 e. The van der Waals surface area contributed by atoms with E-state index in [0.717, 1.165) is 34.1 Å². The number of benzene rings is 3. The second-order valence-electron chi connectivity index (χ2n) is 7.82. The van der Waals surface area contributed by atoms with E-state index in [1.807, 2.05) is 13.8 Å². The van der Waals surface area contributed by atoms with Crippen LogP contribution in [0.15, 0.2) is 76.7 Å². The molecule has 0 heterocycles. The van der Waals surface area contributed by atoms with Gasteiger partial charge < -0.3 is 9.47 Å². The van der Waals surface area contributed by atoms with Crippen LogP contribution in [0.5, 0.6) is 11.5 Å². The first-order valence-electron chi connectivity index (χ1n) is 11.1. The number of aryl methyl sites for hydroxylation is 1. The minimum atomic E-state index is -4.16. The Morgan fingerprint density at radius 1 is 0.972 bits per heavy atom. The summed E-state index contributed by atoms with van der Waals surface area (Å²) < 4.78 is 51.7. The second kappa shape index (κ2) is 11.7. The van der Waals surface area contributed by atoms with Crippen molar-refractivity contribution in [3.63, 3.8) is 0 Å². The summed E-state index contributed by atoms with van der Waals surface area (Å²) >= 11 is 0. The standard InChI is InChI=1S/C26H28FN3O5S/c1-5-23(19-8-15-24(34-3)25(16-19)35-4)28-29-26(31)17-30(21-11-6-18(2)7-12-21)36(32,33)22-13-9-20(27)10-14-22/h6-16H,5,17H2,1-4H3,(H,29,31)/b28-23-. The first kappa shape index (κ1) is 26.7. The van der Waals surface area contributed by atoms with Gasteiger partial charge in [0.1, 0.15) is 12.4 Å². The molecule has 0 spiro atoms. The fourth-order valence-corrected chi connectivity index (χ4v) is 4.84. The molecule has 190 valence electrons. The number of ether oxygens (including phenoxy) is 2. The number of halogens is 1. The highest BCUT2D eigenvalue weighted by molar-refractivity contribution is 7.92. The number of amides is 1. The Kier molecular flexibility index (Phi) is 8.65. The van der Waals surface area contributed by atoms with Gasteiger partial charge in [-0.25, -0.2) is 18.2 Å². The summed E-state index contributed by atoms with van der Waals surface area (Å²) in [5.74, 6) is -0.142. The molecule has 0 aliphatic rings. The minimum Gasteiger partial charge on any atom is -0.493 e. The van der Waals surface area contributed by atoms with Gasteiger partial charge in [0, 0.05) is 5.56 Å². The van der Waals surface area contributed by atoms with Crippen molar-refractivity contribution in [1.29, 1.82) is 0 Å². The van der Waals surface area contributed by atoms with E-state index in [-0.39, 0.29) is 4.90 Å². The molecule has 0 unspecified atom stereocenters. The number of rotatable bonds is 10. The Labute approximate surface area is 210 Å². The molecule has 1 amide bonds. The molecule has 0 radical (unpaired) electrons. The number of nitrogens with one attached hydrogen (secondary N) is 1. The van der Waals surface area contributed by atoms with Crippen molar-refractivity contribution in [3.05, 3.63) is 83.7 Å². The zero-order valence-electron chi connectivity index (χ0n) is 20.5. The van der Waals surface area contributed by atoms with Crippen molar-refractivity contribution in [3.8, 4) is 11.5 Å². The van der Waals surface area contributed by atoms with Gasteiger partial charge >= 0.3 is 0 Å². The molecule has 3 aromatic rings. The monoisotopic (exact) mass is 513 g/mol. The van der Waals surface area contributed by atoms with Crippen LogP contribution in [0.4, 0.5) is 10.1 Å². The maximum absolute atomic E-state index is 13.4. The molecular weight excluding hydrogens is 485 g/mol. The van der Waals surface area contributed by atoms with Gasteiger partial charge in [-0.3, -0.25) is 9.10 Å². The van der Waals surface area contributed by atoms with Gasteiger partial charge in [-0.1, -0.05) is 24.6 Å². The highest BCUT2D eigenvalue weighted by Crippen LogP contribution is 2.28. The lowest BCUT2D eigenvalue weighted by atomic mass is 10.1.